The van der Waals surface area contributed by atoms with Crippen LogP contribution in [0.3, 0.4) is 0 Å². The van der Waals surface area contributed by atoms with Crippen LogP contribution >= 0.6 is 0 Å². The van der Waals surface area contributed by atoms with Crippen LogP contribution < -0.4 is 5.32 Å². The fourth-order valence-corrected chi connectivity index (χ4v) is 2.36. The molecule has 1 aliphatic heterocycles. The Hall–Kier alpha value is -0.590. The molecule has 0 aliphatic carbocycles. The molecule has 0 bridgehead atoms. The third-order valence-corrected chi connectivity index (χ3v) is 3.53. The van der Waals surface area contributed by atoms with Gasteiger partial charge in [0.05, 0.1) is 6.07 Å². The summed E-state index contributed by atoms with van der Waals surface area (Å²) < 4.78 is 0. The predicted octanol–water partition coefficient (Wildman–Crippen LogP) is 2.39. The maximum Gasteiger partial charge on any atom is 0.0621 e. The molecule has 0 aromatic rings. The van der Waals surface area contributed by atoms with Crippen molar-refractivity contribution in [2.24, 2.45) is 5.92 Å². The summed E-state index contributed by atoms with van der Waals surface area (Å²) in [5, 5.41) is 12.0. The van der Waals surface area contributed by atoms with Gasteiger partial charge >= 0.3 is 0 Å². The molecule has 0 unspecified atom stereocenters. The average molecular weight is 237 g/mol. The summed E-state index contributed by atoms with van der Waals surface area (Å²) in [6.07, 6.45) is 5.62. The maximum absolute atomic E-state index is 8.47. The first-order valence-corrected chi connectivity index (χ1v) is 7.05. The highest BCUT2D eigenvalue weighted by Crippen LogP contribution is 2.17. The largest absolute Gasteiger partial charge is 0.314 e. The molecule has 1 fully saturated rings. The number of nitriles is 1. The molecule has 0 radical (unpaired) electrons. The first kappa shape index (κ1) is 14.5. The van der Waals surface area contributed by atoms with Gasteiger partial charge < -0.3 is 10.2 Å². The highest BCUT2D eigenvalue weighted by atomic mass is 15.1. The quantitative estimate of drug-likeness (QED) is 0.691. The second-order valence-corrected chi connectivity index (χ2v) is 5.46. The standard InChI is InChI=1S/C14H27N3/c1-13(2)16-12-14-6-10-17(11-7-14)9-5-3-4-8-15/h13-14,16H,3-7,9-12H2,1-2H3. The Morgan fingerprint density at radius 1 is 1.29 bits per heavy atom. The van der Waals surface area contributed by atoms with Gasteiger partial charge in [0.15, 0.2) is 0 Å². The lowest BCUT2D eigenvalue weighted by atomic mass is 9.96. The normalized spacial score (nSPS) is 18.5. The van der Waals surface area contributed by atoms with Crippen LogP contribution in [0, 0.1) is 17.2 Å². The van der Waals surface area contributed by atoms with Gasteiger partial charge in [-0.05, 0) is 57.8 Å². The second-order valence-electron chi connectivity index (χ2n) is 5.46. The van der Waals surface area contributed by atoms with Crippen LogP contribution in [0.4, 0.5) is 0 Å². The van der Waals surface area contributed by atoms with Gasteiger partial charge in [0, 0.05) is 12.5 Å². The molecule has 17 heavy (non-hydrogen) atoms. The molecule has 3 heteroatoms. The third kappa shape index (κ3) is 6.65. The van der Waals surface area contributed by atoms with Crippen molar-refractivity contribution in [2.45, 2.75) is 52.0 Å². The van der Waals surface area contributed by atoms with Crippen molar-refractivity contribution in [1.82, 2.24) is 10.2 Å². The van der Waals surface area contributed by atoms with E-state index in [-0.39, 0.29) is 0 Å². The van der Waals surface area contributed by atoms with Gasteiger partial charge in [-0.25, -0.2) is 0 Å². The van der Waals surface area contributed by atoms with Crippen molar-refractivity contribution in [3.63, 3.8) is 0 Å². The van der Waals surface area contributed by atoms with Crippen LogP contribution in [0.1, 0.15) is 46.0 Å². The van der Waals surface area contributed by atoms with E-state index in [1.165, 1.54) is 45.4 Å². The van der Waals surface area contributed by atoms with Crippen LogP contribution in [-0.2, 0) is 0 Å². The molecule has 98 valence electrons. The molecule has 0 saturated carbocycles. The highest BCUT2D eigenvalue weighted by molar-refractivity contribution is 4.75. The van der Waals surface area contributed by atoms with E-state index in [0.717, 1.165) is 18.8 Å². The molecule has 1 aliphatic rings. The minimum Gasteiger partial charge on any atom is -0.314 e. The molecule has 1 heterocycles. The first-order valence-electron chi connectivity index (χ1n) is 7.05. The molecule has 0 amide bonds. The van der Waals surface area contributed by atoms with Crippen LogP contribution in [0.2, 0.25) is 0 Å². The molecule has 0 atom stereocenters. The van der Waals surface area contributed by atoms with E-state index in [4.69, 9.17) is 5.26 Å². The van der Waals surface area contributed by atoms with Crippen molar-refractivity contribution in [3.8, 4) is 6.07 Å². The third-order valence-electron chi connectivity index (χ3n) is 3.53. The van der Waals surface area contributed by atoms with Crippen molar-refractivity contribution in [2.75, 3.05) is 26.2 Å². The Morgan fingerprint density at radius 3 is 2.59 bits per heavy atom. The molecular weight excluding hydrogens is 210 g/mol. The number of rotatable bonds is 7. The Bertz CT molecular complexity index is 224. The Morgan fingerprint density at radius 2 is 2.00 bits per heavy atom. The van der Waals surface area contributed by atoms with Crippen molar-refractivity contribution in [1.29, 1.82) is 5.26 Å². The molecule has 0 aromatic carbocycles. The minimum absolute atomic E-state index is 0.610. The number of piperidine rings is 1. The molecule has 1 N–H and O–H groups in total. The van der Waals surface area contributed by atoms with Gasteiger partial charge in [-0.1, -0.05) is 13.8 Å². The summed E-state index contributed by atoms with van der Waals surface area (Å²) in [6, 6.07) is 2.82. The zero-order valence-electron chi connectivity index (χ0n) is 11.4. The fourth-order valence-electron chi connectivity index (χ4n) is 2.36. The van der Waals surface area contributed by atoms with Crippen molar-refractivity contribution < 1.29 is 0 Å². The smallest absolute Gasteiger partial charge is 0.0621 e. The Labute approximate surface area is 106 Å². The minimum atomic E-state index is 0.610. The zero-order chi connectivity index (χ0) is 12.5. The lowest BCUT2D eigenvalue weighted by Crippen LogP contribution is -2.39. The number of unbranched alkanes of at least 4 members (excludes halogenated alkanes) is 2. The van der Waals surface area contributed by atoms with Gasteiger partial charge in [-0.15, -0.1) is 0 Å². The lowest BCUT2D eigenvalue weighted by molar-refractivity contribution is 0.178. The monoisotopic (exact) mass is 237 g/mol. The van der Waals surface area contributed by atoms with E-state index in [1.807, 2.05) is 0 Å². The van der Waals surface area contributed by atoms with Crippen LogP contribution in [0.25, 0.3) is 0 Å². The van der Waals surface area contributed by atoms with Gasteiger partial charge in [-0.2, -0.15) is 5.26 Å². The number of nitrogens with zero attached hydrogens (tertiary/aromatic N) is 2. The van der Waals surface area contributed by atoms with E-state index in [9.17, 15) is 0 Å². The van der Waals surface area contributed by atoms with Crippen LogP contribution in [-0.4, -0.2) is 37.1 Å². The van der Waals surface area contributed by atoms with Crippen molar-refractivity contribution >= 4 is 0 Å². The summed E-state index contributed by atoms with van der Waals surface area (Å²) >= 11 is 0. The Kier molecular flexibility index (Phi) is 7.23. The average Bonchev–Trinajstić information content (AvgIpc) is 2.33. The highest BCUT2D eigenvalue weighted by Gasteiger charge is 2.18. The molecular formula is C14H27N3. The second kappa shape index (κ2) is 8.49. The number of likely N-dealkylation sites (tertiary alicyclic amines) is 1. The molecule has 3 nitrogen and oxygen atoms in total. The number of nitrogens with one attached hydrogen (secondary N) is 1. The van der Waals surface area contributed by atoms with Gasteiger partial charge in [0.1, 0.15) is 0 Å². The summed E-state index contributed by atoms with van der Waals surface area (Å²) in [5.41, 5.74) is 0. The van der Waals surface area contributed by atoms with E-state index in [0.29, 0.717) is 6.04 Å². The summed E-state index contributed by atoms with van der Waals surface area (Å²) in [4.78, 5) is 2.56. The SMILES string of the molecule is CC(C)NCC1CCN(CCCCC#N)CC1. The zero-order valence-corrected chi connectivity index (χ0v) is 11.4. The first-order chi connectivity index (χ1) is 8.22. The fraction of sp³-hybridized carbons (Fsp3) is 0.929. The van der Waals surface area contributed by atoms with E-state index in [2.05, 4.69) is 30.1 Å². The van der Waals surface area contributed by atoms with Crippen LogP contribution in [0.5, 0.6) is 0 Å². The maximum atomic E-state index is 8.47. The van der Waals surface area contributed by atoms with E-state index in [1.54, 1.807) is 0 Å². The topological polar surface area (TPSA) is 39.1 Å². The predicted molar refractivity (Wildman–Crippen MR) is 71.8 cm³/mol. The molecule has 1 saturated heterocycles. The summed E-state index contributed by atoms with van der Waals surface area (Å²) in [7, 11) is 0. The van der Waals surface area contributed by atoms with E-state index < -0.39 is 0 Å². The molecule has 0 aromatic heterocycles. The van der Waals surface area contributed by atoms with Gasteiger partial charge in [0.2, 0.25) is 0 Å². The van der Waals surface area contributed by atoms with Gasteiger partial charge in [0.25, 0.3) is 0 Å². The Balaban J connectivity index is 2.03. The molecule has 0 spiro atoms. The summed E-state index contributed by atoms with van der Waals surface area (Å²) in [5.74, 6) is 0.868. The van der Waals surface area contributed by atoms with E-state index >= 15 is 0 Å². The van der Waals surface area contributed by atoms with Crippen molar-refractivity contribution in [3.05, 3.63) is 0 Å². The molecule has 1 rings (SSSR count). The lowest BCUT2D eigenvalue weighted by Gasteiger charge is -2.32. The van der Waals surface area contributed by atoms with Crippen LogP contribution in [0.15, 0.2) is 0 Å². The number of hydrogen-bond acceptors (Lipinski definition) is 3. The summed E-state index contributed by atoms with van der Waals surface area (Å²) in [6.45, 7) is 9.29. The number of hydrogen-bond donors (Lipinski definition) is 1. The van der Waals surface area contributed by atoms with Gasteiger partial charge in [-0.3, -0.25) is 0 Å².